The SMILES string of the molecule is CCOC(=O)[C@@H](C[C@@H](Cc1ccc(-c2cc(Cl)ccc2F)cc1)NC(=O)c1c[nH]nn1)CN1CC[C@H]1COC. The quantitative estimate of drug-likeness (QED) is 0.307. The predicted octanol–water partition coefficient (Wildman–Crippen LogP) is 3.90. The highest BCUT2D eigenvalue weighted by Crippen LogP contribution is 2.27. The number of nitrogens with zero attached hydrogens (tertiary/aromatic N) is 3. The Bertz CT molecular complexity index is 1240. The third-order valence-electron chi connectivity index (χ3n) is 6.93. The molecule has 9 nitrogen and oxygen atoms in total. The number of likely N-dealkylation sites (tertiary alicyclic amines) is 1. The fraction of sp³-hybridized carbons (Fsp3) is 0.429. The van der Waals surface area contributed by atoms with Gasteiger partial charge in [-0.3, -0.25) is 19.6 Å². The van der Waals surface area contributed by atoms with Gasteiger partial charge in [-0.05, 0) is 55.5 Å². The third-order valence-corrected chi connectivity index (χ3v) is 7.16. The van der Waals surface area contributed by atoms with E-state index in [4.69, 9.17) is 21.1 Å². The molecule has 0 aliphatic carbocycles. The lowest BCUT2D eigenvalue weighted by molar-refractivity contribution is -0.150. The Balaban J connectivity index is 1.53. The van der Waals surface area contributed by atoms with Crippen LogP contribution in [0.2, 0.25) is 5.02 Å². The summed E-state index contributed by atoms with van der Waals surface area (Å²) in [6.45, 7) is 4.04. The number of halogens is 2. The van der Waals surface area contributed by atoms with Crippen LogP contribution >= 0.6 is 11.6 Å². The summed E-state index contributed by atoms with van der Waals surface area (Å²) in [4.78, 5) is 28.1. The second kappa shape index (κ2) is 13.6. The molecule has 1 aliphatic heterocycles. The molecule has 39 heavy (non-hydrogen) atoms. The number of esters is 1. The van der Waals surface area contributed by atoms with Gasteiger partial charge in [0.15, 0.2) is 5.69 Å². The second-order valence-electron chi connectivity index (χ2n) is 9.63. The first-order valence-corrected chi connectivity index (χ1v) is 13.4. The molecule has 1 saturated heterocycles. The van der Waals surface area contributed by atoms with Gasteiger partial charge in [0, 0.05) is 42.9 Å². The van der Waals surface area contributed by atoms with Crippen molar-refractivity contribution in [3.05, 3.63) is 70.8 Å². The number of hydrogen-bond acceptors (Lipinski definition) is 7. The van der Waals surface area contributed by atoms with E-state index in [0.29, 0.717) is 42.1 Å². The van der Waals surface area contributed by atoms with Crippen molar-refractivity contribution < 1.29 is 23.5 Å². The minimum Gasteiger partial charge on any atom is -0.466 e. The maximum absolute atomic E-state index is 14.4. The molecule has 0 spiro atoms. The van der Waals surface area contributed by atoms with Crippen LogP contribution in [0.5, 0.6) is 0 Å². The topological polar surface area (TPSA) is 109 Å². The van der Waals surface area contributed by atoms with E-state index in [1.165, 1.54) is 18.3 Å². The fourth-order valence-corrected chi connectivity index (χ4v) is 5.01. The predicted molar refractivity (Wildman–Crippen MR) is 145 cm³/mol. The number of rotatable bonds is 13. The van der Waals surface area contributed by atoms with Gasteiger partial charge in [0.2, 0.25) is 0 Å². The minimum absolute atomic E-state index is 0.155. The Morgan fingerprint density at radius 3 is 2.69 bits per heavy atom. The molecule has 4 rings (SSSR count). The van der Waals surface area contributed by atoms with Crippen molar-refractivity contribution >= 4 is 23.5 Å². The summed E-state index contributed by atoms with van der Waals surface area (Å²) in [5, 5.41) is 13.4. The zero-order valence-electron chi connectivity index (χ0n) is 22.0. The van der Waals surface area contributed by atoms with Crippen molar-refractivity contribution in [3.8, 4) is 11.1 Å². The number of nitrogens with one attached hydrogen (secondary N) is 2. The monoisotopic (exact) mass is 557 g/mol. The molecule has 0 saturated carbocycles. The molecule has 0 unspecified atom stereocenters. The van der Waals surface area contributed by atoms with Crippen LogP contribution < -0.4 is 5.32 Å². The van der Waals surface area contributed by atoms with Gasteiger partial charge in [0.05, 0.1) is 25.3 Å². The second-order valence-corrected chi connectivity index (χ2v) is 10.1. The Morgan fingerprint density at radius 1 is 1.26 bits per heavy atom. The molecule has 3 aromatic rings. The van der Waals surface area contributed by atoms with Crippen LogP contribution in [0.1, 0.15) is 35.8 Å². The molecule has 208 valence electrons. The van der Waals surface area contributed by atoms with E-state index in [1.807, 2.05) is 24.3 Å². The van der Waals surface area contributed by atoms with Crippen LogP contribution in [-0.4, -0.2) is 77.7 Å². The molecule has 1 aromatic heterocycles. The van der Waals surface area contributed by atoms with Gasteiger partial charge in [-0.15, -0.1) is 5.10 Å². The molecule has 2 N–H and O–H groups in total. The standard InChI is InChI=1S/C28H33ClFN5O4/c1-3-39-28(37)20(16-35-11-10-23(35)17-38-2)13-22(32-27(36)26-15-31-34-33-26)12-18-4-6-19(7-5-18)24-14-21(29)8-9-25(24)30/h4-9,14-15,20,22-23H,3,10-13,16-17H2,1-2H3,(H,32,36)(H,31,33,34)/t20-,22+,23-/m0/s1. The lowest BCUT2D eigenvalue weighted by atomic mass is 9.91. The zero-order chi connectivity index (χ0) is 27.8. The van der Waals surface area contributed by atoms with Crippen molar-refractivity contribution in [1.82, 2.24) is 25.6 Å². The molecule has 2 heterocycles. The molecule has 0 bridgehead atoms. The Kier molecular flexibility index (Phi) is 10.0. The summed E-state index contributed by atoms with van der Waals surface area (Å²) in [6.07, 6.45) is 3.23. The average molecular weight is 558 g/mol. The summed E-state index contributed by atoms with van der Waals surface area (Å²) in [5.41, 5.74) is 2.17. The van der Waals surface area contributed by atoms with Crippen molar-refractivity contribution in [3.63, 3.8) is 0 Å². The van der Waals surface area contributed by atoms with Crippen LogP contribution in [0.4, 0.5) is 4.39 Å². The molecule has 1 aliphatic rings. The van der Waals surface area contributed by atoms with Crippen molar-refractivity contribution in [2.24, 2.45) is 5.92 Å². The number of aromatic nitrogens is 3. The first-order chi connectivity index (χ1) is 18.9. The number of ether oxygens (including phenoxy) is 2. The zero-order valence-corrected chi connectivity index (χ0v) is 22.8. The Morgan fingerprint density at radius 2 is 2.05 bits per heavy atom. The molecular weight excluding hydrogens is 525 g/mol. The van der Waals surface area contributed by atoms with Crippen molar-refractivity contribution in [2.45, 2.75) is 38.3 Å². The summed E-state index contributed by atoms with van der Waals surface area (Å²) >= 11 is 6.06. The first kappa shape index (κ1) is 28.7. The van der Waals surface area contributed by atoms with Crippen molar-refractivity contribution in [1.29, 1.82) is 0 Å². The Labute approximate surface area is 232 Å². The lowest BCUT2D eigenvalue weighted by Gasteiger charge is -2.42. The molecule has 1 fully saturated rings. The lowest BCUT2D eigenvalue weighted by Crippen LogP contribution is -2.53. The van der Waals surface area contributed by atoms with Gasteiger partial charge in [-0.25, -0.2) is 4.39 Å². The number of amides is 1. The normalized spacial score (nSPS) is 16.8. The molecular formula is C28H33ClFN5O4. The fourth-order valence-electron chi connectivity index (χ4n) is 4.84. The number of carbonyl (C=O) groups is 2. The van der Waals surface area contributed by atoms with Gasteiger partial charge < -0.3 is 14.8 Å². The number of benzene rings is 2. The maximum atomic E-state index is 14.4. The van der Waals surface area contributed by atoms with Gasteiger partial charge in [-0.1, -0.05) is 41.1 Å². The van der Waals surface area contributed by atoms with Crippen LogP contribution in [0.3, 0.4) is 0 Å². The van der Waals surface area contributed by atoms with E-state index < -0.39 is 17.9 Å². The van der Waals surface area contributed by atoms with Gasteiger partial charge in [-0.2, -0.15) is 0 Å². The van der Waals surface area contributed by atoms with E-state index in [1.54, 1.807) is 20.1 Å². The first-order valence-electron chi connectivity index (χ1n) is 13.0. The molecule has 2 aromatic carbocycles. The smallest absolute Gasteiger partial charge is 0.310 e. The number of hydrogen-bond donors (Lipinski definition) is 2. The van der Waals surface area contributed by atoms with Crippen LogP contribution in [-0.2, 0) is 20.7 Å². The number of methoxy groups -OCH3 is 1. The largest absolute Gasteiger partial charge is 0.466 e. The van der Waals surface area contributed by atoms with Gasteiger partial charge in [0.1, 0.15) is 5.82 Å². The minimum atomic E-state index is -0.452. The van der Waals surface area contributed by atoms with Gasteiger partial charge in [0.25, 0.3) is 5.91 Å². The van der Waals surface area contributed by atoms with Crippen molar-refractivity contribution in [2.75, 3.05) is 33.4 Å². The summed E-state index contributed by atoms with van der Waals surface area (Å²) in [7, 11) is 1.67. The maximum Gasteiger partial charge on any atom is 0.310 e. The van der Waals surface area contributed by atoms with E-state index in [-0.39, 0.29) is 30.1 Å². The van der Waals surface area contributed by atoms with Crippen LogP contribution in [0.25, 0.3) is 11.1 Å². The van der Waals surface area contributed by atoms with Crippen LogP contribution in [0, 0.1) is 11.7 Å². The van der Waals surface area contributed by atoms with E-state index >= 15 is 0 Å². The summed E-state index contributed by atoms with van der Waals surface area (Å²) < 4.78 is 25.1. The highest BCUT2D eigenvalue weighted by Gasteiger charge is 2.34. The summed E-state index contributed by atoms with van der Waals surface area (Å²) in [5.74, 6) is -1.50. The summed E-state index contributed by atoms with van der Waals surface area (Å²) in [6, 6.07) is 11.7. The molecule has 1 amide bonds. The number of aromatic amines is 1. The Hall–Kier alpha value is -3.34. The van der Waals surface area contributed by atoms with Crippen LogP contribution in [0.15, 0.2) is 48.7 Å². The average Bonchev–Trinajstić information content (AvgIpc) is 3.46. The number of H-pyrrole nitrogens is 1. The van der Waals surface area contributed by atoms with E-state index in [0.717, 1.165) is 18.5 Å². The molecule has 3 atom stereocenters. The highest BCUT2D eigenvalue weighted by molar-refractivity contribution is 6.30. The molecule has 11 heteroatoms. The number of carbonyl (C=O) groups excluding carboxylic acids is 2. The third kappa shape index (κ3) is 7.62. The van der Waals surface area contributed by atoms with E-state index in [9.17, 15) is 14.0 Å². The molecule has 0 radical (unpaired) electrons. The highest BCUT2D eigenvalue weighted by atomic mass is 35.5. The van der Waals surface area contributed by atoms with E-state index in [2.05, 4.69) is 25.6 Å². The van der Waals surface area contributed by atoms with Gasteiger partial charge >= 0.3 is 5.97 Å².